The molecule has 3 rings (SSSR count). The van der Waals surface area contributed by atoms with Crippen molar-refractivity contribution in [3.05, 3.63) is 30.6 Å². The molecule has 1 aromatic carbocycles. The summed E-state index contributed by atoms with van der Waals surface area (Å²) in [5.74, 6) is -0.756. The molecule has 162 valence electrons. The number of nitrogens with zero attached hydrogens (tertiary/aromatic N) is 2. The molecule has 1 saturated carbocycles. The number of carbonyl (C=O) groups excluding carboxylic acids is 1. The van der Waals surface area contributed by atoms with E-state index in [9.17, 15) is 13.2 Å². The van der Waals surface area contributed by atoms with E-state index >= 15 is 0 Å². The number of hydrogen-bond donors (Lipinski definition) is 5. The fraction of sp³-hybridized carbons (Fsp3) is 0.389. The molecule has 0 spiro atoms. The third kappa shape index (κ3) is 4.33. The molecule has 30 heavy (non-hydrogen) atoms. The number of carbonyl (C=O) groups is 1. The molecular formula is C18H24ClN7O3S. The van der Waals surface area contributed by atoms with Crippen molar-refractivity contribution in [1.29, 1.82) is 5.41 Å². The van der Waals surface area contributed by atoms with Gasteiger partial charge < -0.3 is 16.8 Å². The molecule has 1 aliphatic carbocycles. The van der Waals surface area contributed by atoms with Crippen LogP contribution in [0.2, 0.25) is 0 Å². The number of sulfonamides is 1. The second-order valence-electron chi connectivity index (χ2n) is 7.15. The third-order valence-corrected chi connectivity index (χ3v) is 6.99. The van der Waals surface area contributed by atoms with Gasteiger partial charge in [0.25, 0.3) is 0 Å². The molecule has 10 nitrogen and oxygen atoms in total. The Bertz CT molecular complexity index is 1070. The van der Waals surface area contributed by atoms with Crippen LogP contribution >= 0.6 is 11.8 Å². The summed E-state index contributed by atoms with van der Waals surface area (Å²) in [5, 5.41) is 11.2. The molecule has 0 saturated heterocycles. The van der Waals surface area contributed by atoms with Gasteiger partial charge in [0.2, 0.25) is 21.9 Å². The molecule has 12 heteroatoms. The standard InChI is InChI=1S/C18H24ClN7O3S/c19-26(17(21)22)15-11-23-10-12-9-13(3-4-14(12)15)30(28,29)25-18(5-1-2-6-18)16(27)24-8-7-20/h3-4,9-11,25H,1-2,5-8,20H2,(H3,21,22)(H,24,27). The maximum Gasteiger partial charge on any atom is 0.241 e. The van der Waals surface area contributed by atoms with Crippen molar-refractivity contribution >= 4 is 50.1 Å². The number of rotatable bonds is 7. The Labute approximate surface area is 179 Å². The quantitative estimate of drug-likeness (QED) is 0.234. The van der Waals surface area contributed by atoms with Crippen LogP contribution in [0.25, 0.3) is 10.8 Å². The highest BCUT2D eigenvalue weighted by Gasteiger charge is 2.44. The van der Waals surface area contributed by atoms with E-state index in [2.05, 4.69) is 15.0 Å². The average molecular weight is 454 g/mol. The lowest BCUT2D eigenvalue weighted by Gasteiger charge is -2.28. The number of fused-ring (bicyclic) bond motifs is 1. The first-order chi connectivity index (χ1) is 14.2. The number of guanidine groups is 1. The molecule has 1 heterocycles. The summed E-state index contributed by atoms with van der Waals surface area (Å²) in [4.78, 5) is 16.7. The maximum atomic E-state index is 13.1. The van der Waals surface area contributed by atoms with Crippen molar-refractivity contribution in [2.45, 2.75) is 36.1 Å². The maximum absolute atomic E-state index is 13.1. The number of aromatic nitrogens is 1. The van der Waals surface area contributed by atoms with E-state index in [0.717, 1.165) is 17.3 Å². The first kappa shape index (κ1) is 22.2. The van der Waals surface area contributed by atoms with E-state index in [1.807, 2.05) is 0 Å². The van der Waals surface area contributed by atoms with Crippen molar-refractivity contribution in [3.63, 3.8) is 0 Å². The Hall–Kier alpha value is -2.47. The van der Waals surface area contributed by atoms with Gasteiger partial charge in [0.1, 0.15) is 5.54 Å². The predicted molar refractivity (Wildman–Crippen MR) is 116 cm³/mol. The highest BCUT2D eigenvalue weighted by molar-refractivity contribution is 7.89. The van der Waals surface area contributed by atoms with Crippen LogP contribution in [0.5, 0.6) is 0 Å². The number of nitrogens with one attached hydrogen (secondary N) is 3. The van der Waals surface area contributed by atoms with Gasteiger partial charge in [-0.3, -0.25) is 15.2 Å². The Morgan fingerprint density at radius 3 is 2.63 bits per heavy atom. The molecule has 0 unspecified atom stereocenters. The minimum atomic E-state index is -4.00. The summed E-state index contributed by atoms with van der Waals surface area (Å²) >= 11 is 6.02. The third-order valence-electron chi connectivity index (χ3n) is 5.09. The number of pyridine rings is 1. The number of amides is 1. The molecule has 1 aromatic heterocycles. The largest absolute Gasteiger partial charge is 0.369 e. The number of anilines is 1. The monoisotopic (exact) mass is 453 g/mol. The molecular weight excluding hydrogens is 430 g/mol. The van der Waals surface area contributed by atoms with Crippen molar-refractivity contribution < 1.29 is 13.2 Å². The van der Waals surface area contributed by atoms with E-state index in [4.69, 9.17) is 28.7 Å². The number of nitrogens with two attached hydrogens (primary N) is 2. The topological polar surface area (TPSA) is 167 Å². The lowest BCUT2D eigenvalue weighted by atomic mass is 9.98. The van der Waals surface area contributed by atoms with Gasteiger partial charge in [-0.2, -0.15) is 4.72 Å². The SMILES string of the molecule is N=C(N)N(Cl)c1cncc2cc(S(=O)(=O)NC3(C(=O)NCCN)CCCC3)ccc12. The molecule has 1 fully saturated rings. The summed E-state index contributed by atoms with van der Waals surface area (Å²) < 4.78 is 29.8. The molecule has 1 amide bonds. The molecule has 0 bridgehead atoms. The number of benzene rings is 1. The lowest BCUT2D eigenvalue weighted by molar-refractivity contribution is -0.126. The molecule has 0 radical (unpaired) electrons. The van der Waals surface area contributed by atoms with E-state index in [1.54, 1.807) is 6.07 Å². The van der Waals surface area contributed by atoms with Gasteiger partial charge in [-0.1, -0.05) is 18.9 Å². The van der Waals surface area contributed by atoms with Crippen molar-refractivity contribution in [2.75, 3.05) is 17.5 Å². The van der Waals surface area contributed by atoms with Crippen LogP contribution in [0.3, 0.4) is 0 Å². The van der Waals surface area contributed by atoms with E-state index < -0.39 is 21.5 Å². The minimum absolute atomic E-state index is 0.00389. The number of hydrogen-bond acceptors (Lipinski definition) is 6. The molecule has 1 aliphatic rings. The van der Waals surface area contributed by atoms with Crippen molar-refractivity contribution in [1.82, 2.24) is 15.0 Å². The Morgan fingerprint density at radius 2 is 2.00 bits per heavy atom. The van der Waals surface area contributed by atoms with E-state index in [-0.39, 0.29) is 23.9 Å². The Balaban J connectivity index is 1.95. The first-order valence-corrected chi connectivity index (χ1v) is 11.2. The van der Waals surface area contributed by atoms with E-state index in [0.29, 0.717) is 29.3 Å². The molecule has 2 aromatic rings. The summed E-state index contributed by atoms with van der Waals surface area (Å²) in [7, 11) is -4.00. The van der Waals surface area contributed by atoms with Gasteiger partial charge in [-0.15, -0.1) is 0 Å². The molecule has 0 aliphatic heterocycles. The van der Waals surface area contributed by atoms with Crippen LogP contribution < -0.4 is 25.9 Å². The zero-order valence-corrected chi connectivity index (χ0v) is 17.8. The highest BCUT2D eigenvalue weighted by Crippen LogP contribution is 2.33. The van der Waals surface area contributed by atoms with Crippen LogP contribution in [-0.4, -0.2) is 43.9 Å². The second kappa shape index (κ2) is 8.72. The van der Waals surface area contributed by atoms with E-state index in [1.165, 1.54) is 24.5 Å². The average Bonchev–Trinajstić information content (AvgIpc) is 3.19. The zero-order valence-electron chi connectivity index (χ0n) is 16.2. The fourth-order valence-corrected chi connectivity index (χ4v) is 5.21. The van der Waals surface area contributed by atoms with Crippen LogP contribution in [0.1, 0.15) is 25.7 Å². The van der Waals surface area contributed by atoms with Crippen molar-refractivity contribution in [3.8, 4) is 0 Å². The lowest BCUT2D eigenvalue weighted by Crippen LogP contribution is -2.57. The molecule has 7 N–H and O–H groups in total. The summed E-state index contributed by atoms with van der Waals surface area (Å²) in [6, 6.07) is 4.42. The highest BCUT2D eigenvalue weighted by atomic mass is 35.5. The second-order valence-corrected chi connectivity index (χ2v) is 9.17. The van der Waals surface area contributed by atoms with Gasteiger partial charge in [0, 0.05) is 41.8 Å². The van der Waals surface area contributed by atoms with Crippen LogP contribution in [0.15, 0.2) is 35.5 Å². The number of halogens is 1. The van der Waals surface area contributed by atoms with Crippen LogP contribution in [-0.2, 0) is 14.8 Å². The minimum Gasteiger partial charge on any atom is -0.369 e. The van der Waals surface area contributed by atoms with Gasteiger partial charge in [0.05, 0.1) is 16.8 Å². The van der Waals surface area contributed by atoms with Crippen LogP contribution in [0.4, 0.5) is 5.69 Å². The van der Waals surface area contributed by atoms with Gasteiger partial charge in [-0.25, -0.2) is 12.8 Å². The van der Waals surface area contributed by atoms with Crippen LogP contribution in [0, 0.1) is 5.41 Å². The summed E-state index contributed by atoms with van der Waals surface area (Å²) in [5.41, 5.74) is 10.0. The van der Waals surface area contributed by atoms with Gasteiger partial charge >= 0.3 is 0 Å². The van der Waals surface area contributed by atoms with Gasteiger partial charge in [-0.05, 0) is 25.0 Å². The predicted octanol–water partition coefficient (Wildman–Crippen LogP) is 0.754. The summed E-state index contributed by atoms with van der Waals surface area (Å²) in [6.45, 7) is 0.546. The normalized spacial score (nSPS) is 15.8. The molecule has 0 atom stereocenters. The smallest absolute Gasteiger partial charge is 0.241 e. The van der Waals surface area contributed by atoms with Gasteiger partial charge in [0.15, 0.2) is 0 Å². The first-order valence-electron chi connectivity index (χ1n) is 9.40. The Kier molecular flexibility index (Phi) is 6.46. The Morgan fingerprint density at radius 1 is 1.30 bits per heavy atom. The fourth-order valence-electron chi connectivity index (χ4n) is 3.62. The van der Waals surface area contributed by atoms with Crippen molar-refractivity contribution in [2.24, 2.45) is 11.5 Å². The zero-order chi connectivity index (χ0) is 21.9. The summed E-state index contributed by atoms with van der Waals surface area (Å²) in [6.07, 6.45) is 5.25.